The van der Waals surface area contributed by atoms with E-state index in [0.717, 1.165) is 10.6 Å². The van der Waals surface area contributed by atoms with Crippen LogP contribution in [0.25, 0.3) is 0 Å². The van der Waals surface area contributed by atoms with Gasteiger partial charge in [0.05, 0.1) is 18.1 Å². The summed E-state index contributed by atoms with van der Waals surface area (Å²) < 4.78 is 5.00. The van der Waals surface area contributed by atoms with E-state index in [-0.39, 0.29) is 0 Å². The molecular formula is C7H10O2S. The van der Waals surface area contributed by atoms with Crippen LogP contribution < -0.4 is 4.74 Å². The molecule has 3 heteroatoms. The molecule has 0 aliphatic carbocycles. The van der Waals surface area contributed by atoms with E-state index in [1.807, 2.05) is 11.4 Å². The summed E-state index contributed by atoms with van der Waals surface area (Å²) in [7, 11) is 1.61. The Labute approximate surface area is 64.1 Å². The van der Waals surface area contributed by atoms with Crippen molar-refractivity contribution in [2.45, 2.75) is 13.0 Å². The number of hydrogen-bond acceptors (Lipinski definition) is 3. The summed E-state index contributed by atoms with van der Waals surface area (Å²) in [6, 6.07) is 1.85. The Morgan fingerprint density at radius 2 is 2.40 bits per heavy atom. The Morgan fingerprint density at radius 3 is 2.80 bits per heavy atom. The lowest BCUT2D eigenvalue weighted by Gasteiger charge is -2.03. The second-order valence-electron chi connectivity index (χ2n) is 2.03. The zero-order valence-corrected chi connectivity index (χ0v) is 6.81. The second-order valence-corrected chi connectivity index (χ2v) is 2.98. The molecule has 1 aromatic heterocycles. The van der Waals surface area contributed by atoms with E-state index in [0.29, 0.717) is 0 Å². The molecule has 0 spiro atoms. The molecule has 1 atom stereocenters. The molecule has 0 fully saturated rings. The van der Waals surface area contributed by atoms with Gasteiger partial charge in [0.25, 0.3) is 0 Å². The lowest BCUT2D eigenvalue weighted by Crippen LogP contribution is -1.90. The molecule has 10 heavy (non-hydrogen) atoms. The van der Waals surface area contributed by atoms with Crippen molar-refractivity contribution in [3.05, 3.63) is 16.3 Å². The van der Waals surface area contributed by atoms with E-state index in [9.17, 15) is 0 Å². The van der Waals surface area contributed by atoms with Crippen molar-refractivity contribution < 1.29 is 9.84 Å². The lowest BCUT2D eigenvalue weighted by atomic mass is 10.3. The predicted octanol–water partition coefficient (Wildman–Crippen LogP) is 1.81. The molecule has 2 nitrogen and oxygen atoms in total. The van der Waals surface area contributed by atoms with E-state index in [4.69, 9.17) is 9.84 Å². The highest BCUT2D eigenvalue weighted by Gasteiger charge is 2.08. The molecule has 0 saturated heterocycles. The largest absolute Gasteiger partial charge is 0.495 e. The van der Waals surface area contributed by atoms with Gasteiger partial charge in [-0.2, -0.15) is 0 Å². The standard InChI is InChI=1S/C7H10O2S/c1-5(8)7-6(9-2)3-4-10-7/h3-5,8H,1-2H3/t5-/m0/s1. The SMILES string of the molecule is COc1ccsc1[C@H](C)O. The number of aliphatic hydroxyl groups excluding tert-OH is 1. The number of rotatable bonds is 2. The molecule has 1 rings (SSSR count). The highest BCUT2D eigenvalue weighted by molar-refractivity contribution is 7.10. The number of aliphatic hydroxyl groups is 1. The van der Waals surface area contributed by atoms with E-state index >= 15 is 0 Å². The highest BCUT2D eigenvalue weighted by Crippen LogP contribution is 2.29. The van der Waals surface area contributed by atoms with Gasteiger partial charge in [-0.3, -0.25) is 0 Å². The fraction of sp³-hybridized carbons (Fsp3) is 0.429. The summed E-state index contributed by atoms with van der Waals surface area (Å²) in [5.74, 6) is 0.778. The molecule has 0 unspecified atom stereocenters. The van der Waals surface area contributed by atoms with Gasteiger partial charge in [0.15, 0.2) is 0 Å². The second kappa shape index (κ2) is 3.03. The van der Waals surface area contributed by atoms with Crippen molar-refractivity contribution in [1.82, 2.24) is 0 Å². The van der Waals surface area contributed by atoms with Crippen LogP contribution in [0.5, 0.6) is 5.75 Å². The Bertz CT molecular complexity index is 205. The first-order valence-electron chi connectivity index (χ1n) is 3.05. The van der Waals surface area contributed by atoms with Crippen LogP contribution in [0.1, 0.15) is 17.9 Å². The van der Waals surface area contributed by atoms with Crippen molar-refractivity contribution in [3.63, 3.8) is 0 Å². The molecule has 1 heterocycles. The summed E-state index contributed by atoms with van der Waals surface area (Å²) >= 11 is 1.51. The number of thiophene rings is 1. The van der Waals surface area contributed by atoms with Crippen LogP contribution >= 0.6 is 11.3 Å². The normalized spacial score (nSPS) is 13.1. The molecule has 56 valence electrons. The summed E-state index contributed by atoms with van der Waals surface area (Å²) in [5, 5.41) is 11.1. The highest BCUT2D eigenvalue weighted by atomic mass is 32.1. The quantitative estimate of drug-likeness (QED) is 0.711. The maximum Gasteiger partial charge on any atom is 0.135 e. The van der Waals surface area contributed by atoms with Gasteiger partial charge in [-0.25, -0.2) is 0 Å². The molecule has 1 N–H and O–H groups in total. The van der Waals surface area contributed by atoms with Crippen LogP contribution in [0.3, 0.4) is 0 Å². The maximum absolute atomic E-state index is 9.15. The monoisotopic (exact) mass is 158 g/mol. The van der Waals surface area contributed by atoms with Gasteiger partial charge in [0.2, 0.25) is 0 Å². The first-order chi connectivity index (χ1) is 4.75. The minimum atomic E-state index is -0.421. The molecule has 0 aliphatic heterocycles. The molecule has 0 saturated carbocycles. The zero-order valence-electron chi connectivity index (χ0n) is 6.00. The van der Waals surface area contributed by atoms with Crippen LogP contribution in [0, 0.1) is 0 Å². The molecule has 0 amide bonds. The fourth-order valence-electron chi connectivity index (χ4n) is 0.782. The summed E-state index contributed by atoms with van der Waals surface area (Å²) in [6.07, 6.45) is -0.421. The third kappa shape index (κ3) is 1.30. The van der Waals surface area contributed by atoms with Gasteiger partial charge in [-0.05, 0) is 18.4 Å². The van der Waals surface area contributed by atoms with Crippen LogP contribution in [0.4, 0.5) is 0 Å². The third-order valence-electron chi connectivity index (χ3n) is 1.26. The fourth-order valence-corrected chi connectivity index (χ4v) is 1.59. The van der Waals surface area contributed by atoms with Gasteiger partial charge >= 0.3 is 0 Å². The third-order valence-corrected chi connectivity index (χ3v) is 2.33. The Morgan fingerprint density at radius 1 is 1.70 bits per heavy atom. The van der Waals surface area contributed by atoms with Crippen molar-refractivity contribution in [2.24, 2.45) is 0 Å². The van der Waals surface area contributed by atoms with Crippen molar-refractivity contribution in [1.29, 1.82) is 0 Å². The maximum atomic E-state index is 9.15. The van der Waals surface area contributed by atoms with E-state index in [2.05, 4.69) is 0 Å². The van der Waals surface area contributed by atoms with Crippen LogP contribution in [-0.4, -0.2) is 12.2 Å². The molecule has 0 radical (unpaired) electrons. The van der Waals surface area contributed by atoms with Gasteiger partial charge in [-0.1, -0.05) is 0 Å². The van der Waals surface area contributed by atoms with Crippen LogP contribution in [-0.2, 0) is 0 Å². The first kappa shape index (κ1) is 7.57. The van der Waals surface area contributed by atoms with E-state index in [1.165, 1.54) is 11.3 Å². The predicted molar refractivity (Wildman–Crippen MR) is 41.5 cm³/mol. The van der Waals surface area contributed by atoms with E-state index in [1.54, 1.807) is 14.0 Å². The van der Waals surface area contributed by atoms with Crippen LogP contribution in [0.2, 0.25) is 0 Å². The lowest BCUT2D eigenvalue weighted by molar-refractivity contribution is 0.198. The number of hydrogen-bond donors (Lipinski definition) is 1. The Balaban J connectivity index is 2.90. The molecule has 0 aromatic carbocycles. The minimum absolute atomic E-state index is 0.421. The summed E-state index contributed by atoms with van der Waals surface area (Å²) in [4.78, 5) is 0.891. The molecule has 1 aromatic rings. The molecule has 0 bridgehead atoms. The topological polar surface area (TPSA) is 29.5 Å². The smallest absolute Gasteiger partial charge is 0.135 e. The molecular weight excluding hydrogens is 148 g/mol. The first-order valence-corrected chi connectivity index (χ1v) is 3.93. The van der Waals surface area contributed by atoms with Gasteiger partial charge in [-0.15, -0.1) is 11.3 Å². The van der Waals surface area contributed by atoms with Gasteiger partial charge in [0.1, 0.15) is 5.75 Å². The van der Waals surface area contributed by atoms with E-state index < -0.39 is 6.10 Å². The average molecular weight is 158 g/mol. The minimum Gasteiger partial charge on any atom is -0.495 e. The van der Waals surface area contributed by atoms with Crippen molar-refractivity contribution >= 4 is 11.3 Å². The Hall–Kier alpha value is -0.540. The zero-order chi connectivity index (χ0) is 7.56. The van der Waals surface area contributed by atoms with Crippen LogP contribution in [0.15, 0.2) is 11.4 Å². The van der Waals surface area contributed by atoms with Crippen molar-refractivity contribution in [3.8, 4) is 5.75 Å². The average Bonchev–Trinajstić information content (AvgIpc) is 2.33. The molecule has 0 aliphatic rings. The van der Waals surface area contributed by atoms with Gasteiger partial charge < -0.3 is 9.84 Å². The number of ether oxygens (including phenoxy) is 1. The summed E-state index contributed by atoms with van der Waals surface area (Å²) in [6.45, 7) is 1.73. The van der Waals surface area contributed by atoms with Crippen molar-refractivity contribution in [2.75, 3.05) is 7.11 Å². The van der Waals surface area contributed by atoms with Gasteiger partial charge in [0, 0.05) is 0 Å². The Kier molecular flexibility index (Phi) is 2.29. The summed E-state index contributed by atoms with van der Waals surface area (Å²) in [5.41, 5.74) is 0. The number of methoxy groups -OCH3 is 1.